The van der Waals surface area contributed by atoms with Gasteiger partial charge >= 0.3 is 0 Å². The zero-order chi connectivity index (χ0) is 15.9. The Kier molecular flexibility index (Phi) is 5.39. The van der Waals surface area contributed by atoms with E-state index in [1.165, 1.54) is 0 Å². The fraction of sp³-hybridized carbons (Fsp3) is 0.412. The first-order chi connectivity index (χ1) is 11.3. The maximum Gasteiger partial charge on any atom is 0.267 e. The van der Waals surface area contributed by atoms with Crippen molar-refractivity contribution >= 4 is 5.91 Å². The number of nitrogens with one attached hydrogen (secondary N) is 2. The first-order valence-corrected chi connectivity index (χ1v) is 7.97. The third kappa shape index (κ3) is 4.64. The van der Waals surface area contributed by atoms with Crippen molar-refractivity contribution in [2.75, 3.05) is 26.2 Å². The second-order valence-electron chi connectivity index (χ2n) is 5.68. The summed E-state index contributed by atoms with van der Waals surface area (Å²) in [7, 11) is 0. The normalized spacial score (nSPS) is 18.7. The van der Waals surface area contributed by atoms with Crippen LogP contribution in [0.4, 0.5) is 0 Å². The summed E-state index contributed by atoms with van der Waals surface area (Å²) in [5.41, 5.74) is 1.67. The van der Waals surface area contributed by atoms with Crippen LogP contribution >= 0.6 is 0 Å². The van der Waals surface area contributed by atoms with Crippen LogP contribution in [0, 0.1) is 0 Å². The van der Waals surface area contributed by atoms with Gasteiger partial charge in [-0.25, -0.2) is 0 Å². The number of aromatic nitrogens is 2. The number of carbonyl (C=O) groups is 1. The minimum absolute atomic E-state index is 0.0730. The number of rotatable bonds is 6. The summed E-state index contributed by atoms with van der Waals surface area (Å²) < 4.78 is 5.80. The van der Waals surface area contributed by atoms with Crippen LogP contribution in [0.1, 0.15) is 22.6 Å². The molecule has 3 rings (SSSR count). The third-order valence-electron chi connectivity index (χ3n) is 3.93. The standard InChI is InChI=1S/C17H22N4O2/c22-17(16-5-3-8-19-16)20-9-6-15-13-21(10-11-23-15)12-14-4-1-2-7-18-14/h1-5,7-8,15,19H,6,9-13H2,(H,20,22). The number of hydrogen-bond acceptors (Lipinski definition) is 4. The molecule has 1 saturated heterocycles. The van der Waals surface area contributed by atoms with Crippen molar-refractivity contribution < 1.29 is 9.53 Å². The van der Waals surface area contributed by atoms with Gasteiger partial charge in [-0.2, -0.15) is 0 Å². The van der Waals surface area contributed by atoms with Crippen LogP contribution in [-0.2, 0) is 11.3 Å². The van der Waals surface area contributed by atoms with Gasteiger partial charge in [0.25, 0.3) is 5.91 Å². The highest BCUT2D eigenvalue weighted by Crippen LogP contribution is 2.11. The van der Waals surface area contributed by atoms with Gasteiger partial charge in [0.05, 0.1) is 18.4 Å². The highest BCUT2D eigenvalue weighted by atomic mass is 16.5. The predicted octanol–water partition coefficient (Wildman–Crippen LogP) is 1.43. The van der Waals surface area contributed by atoms with Gasteiger partial charge in [-0.3, -0.25) is 14.7 Å². The summed E-state index contributed by atoms with van der Waals surface area (Å²) in [6, 6.07) is 9.56. The lowest BCUT2D eigenvalue weighted by Crippen LogP contribution is -2.43. The van der Waals surface area contributed by atoms with Crippen molar-refractivity contribution in [3.05, 3.63) is 54.1 Å². The third-order valence-corrected chi connectivity index (χ3v) is 3.93. The molecule has 1 aliphatic rings. The van der Waals surface area contributed by atoms with Crippen LogP contribution in [0.25, 0.3) is 0 Å². The van der Waals surface area contributed by atoms with Crippen LogP contribution in [-0.4, -0.2) is 53.1 Å². The lowest BCUT2D eigenvalue weighted by molar-refractivity contribution is -0.0345. The molecule has 0 spiro atoms. The van der Waals surface area contributed by atoms with Gasteiger partial charge in [-0.05, 0) is 30.7 Å². The second-order valence-corrected chi connectivity index (χ2v) is 5.68. The van der Waals surface area contributed by atoms with Gasteiger partial charge in [0, 0.05) is 38.6 Å². The molecular weight excluding hydrogens is 292 g/mol. The molecule has 0 bridgehead atoms. The van der Waals surface area contributed by atoms with E-state index >= 15 is 0 Å². The summed E-state index contributed by atoms with van der Waals surface area (Å²) >= 11 is 0. The fourth-order valence-electron chi connectivity index (χ4n) is 2.73. The lowest BCUT2D eigenvalue weighted by Gasteiger charge is -2.32. The molecule has 2 aromatic heterocycles. The van der Waals surface area contributed by atoms with E-state index in [0.717, 1.165) is 38.4 Å². The average molecular weight is 314 g/mol. The monoisotopic (exact) mass is 314 g/mol. The Bertz CT molecular complexity index is 600. The highest BCUT2D eigenvalue weighted by Gasteiger charge is 2.20. The molecule has 0 aliphatic carbocycles. The Labute approximate surface area is 135 Å². The van der Waals surface area contributed by atoms with Crippen LogP contribution in [0.15, 0.2) is 42.7 Å². The number of hydrogen-bond donors (Lipinski definition) is 2. The molecular formula is C17H22N4O2. The molecule has 1 amide bonds. The van der Waals surface area contributed by atoms with E-state index in [2.05, 4.69) is 20.2 Å². The van der Waals surface area contributed by atoms with E-state index in [1.807, 2.05) is 30.5 Å². The fourth-order valence-corrected chi connectivity index (χ4v) is 2.73. The molecule has 23 heavy (non-hydrogen) atoms. The molecule has 2 N–H and O–H groups in total. The minimum atomic E-state index is -0.0730. The van der Waals surface area contributed by atoms with E-state index in [0.29, 0.717) is 12.2 Å². The Morgan fingerprint density at radius 2 is 2.35 bits per heavy atom. The molecule has 6 heteroatoms. The lowest BCUT2D eigenvalue weighted by atomic mass is 10.2. The Hall–Kier alpha value is -2.18. The largest absolute Gasteiger partial charge is 0.375 e. The molecule has 1 aliphatic heterocycles. The minimum Gasteiger partial charge on any atom is -0.375 e. The predicted molar refractivity (Wildman–Crippen MR) is 87.0 cm³/mol. The SMILES string of the molecule is O=C(NCCC1CN(Cc2ccccn2)CCO1)c1ccc[nH]1. The van der Waals surface area contributed by atoms with Crippen molar-refractivity contribution in [3.8, 4) is 0 Å². The van der Waals surface area contributed by atoms with E-state index < -0.39 is 0 Å². The number of H-pyrrole nitrogens is 1. The molecule has 122 valence electrons. The topological polar surface area (TPSA) is 70.2 Å². The van der Waals surface area contributed by atoms with Gasteiger partial charge in [0.15, 0.2) is 0 Å². The number of pyridine rings is 1. The zero-order valence-corrected chi connectivity index (χ0v) is 13.1. The molecule has 0 radical (unpaired) electrons. The molecule has 0 aromatic carbocycles. The summed E-state index contributed by atoms with van der Waals surface area (Å²) in [5.74, 6) is -0.0730. The molecule has 1 atom stereocenters. The van der Waals surface area contributed by atoms with Gasteiger partial charge < -0.3 is 15.0 Å². The van der Waals surface area contributed by atoms with Gasteiger partial charge in [0.1, 0.15) is 5.69 Å². The van der Waals surface area contributed by atoms with Crippen LogP contribution in [0.3, 0.4) is 0 Å². The first-order valence-electron chi connectivity index (χ1n) is 7.97. The molecule has 2 aromatic rings. The summed E-state index contributed by atoms with van der Waals surface area (Å²) in [4.78, 5) is 21.5. The number of ether oxygens (including phenoxy) is 1. The quantitative estimate of drug-likeness (QED) is 0.846. The number of morpholine rings is 1. The molecule has 1 unspecified atom stereocenters. The van der Waals surface area contributed by atoms with E-state index in [4.69, 9.17) is 4.74 Å². The Morgan fingerprint density at radius 1 is 1.39 bits per heavy atom. The van der Waals surface area contributed by atoms with Crippen LogP contribution in [0.5, 0.6) is 0 Å². The smallest absolute Gasteiger partial charge is 0.267 e. The van der Waals surface area contributed by atoms with E-state index in [9.17, 15) is 4.79 Å². The number of nitrogens with zero attached hydrogens (tertiary/aromatic N) is 2. The molecule has 3 heterocycles. The summed E-state index contributed by atoms with van der Waals surface area (Å²) in [5, 5.41) is 2.92. The molecule has 0 saturated carbocycles. The zero-order valence-electron chi connectivity index (χ0n) is 13.1. The van der Waals surface area contributed by atoms with Gasteiger partial charge in [0.2, 0.25) is 0 Å². The molecule has 6 nitrogen and oxygen atoms in total. The maximum atomic E-state index is 11.9. The number of carbonyl (C=O) groups excluding carboxylic acids is 1. The van der Waals surface area contributed by atoms with Crippen molar-refractivity contribution in [1.82, 2.24) is 20.2 Å². The van der Waals surface area contributed by atoms with Crippen molar-refractivity contribution in [3.63, 3.8) is 0 Å². The van der Waals surface area contributed by atoms with E-state index in [1.54, 1.807) is 12.3 Å². The highest BCUT2D eigenvalue weighted by molar-refractivity contribution is 5.92. The van der Waals surface area contributed by atoms with Crippen molar-refractivity contribution in [1.29, 1.82) is 0 Å². The van der Waals surface area contributed by atoms with Gasteiger partial charge in [-0.1, -0.05) is 6.07 Å². The average Bonchev–Trinajstić information content (AvgIpc) is 3.11. The summed E-state index contributed by atoms with van der Waals surface area (Å²) in [6.45, 7) is 3.97. The van der Waals surface area contributed by atoms with Crippen LogP contribution in [0.2, 0.25) is 0 Å². The van der Waals surface area contributed by atoms with Gasteiger partial charge in [-0.15, -0.1) is 0 Å². The first kappa shape index (κ1) is 15.7. The van der Waals surface area contributed by atoms with E-state index in [-0.39, 0.29) is 12.0 Å². The summed E-state index contributed by atoms with van der Waals surface area (Å²) in [6.07, 6.45) is 4.53. The van der Waals surface area contributed by atoms with Crippen molar-refractivity contribution in [2.24, 2.45) is 0 Å². The van der Waals surface area contributed by atoms with Crippen LogP contribution < -0.4 is 5.32 Å². The van der Waals surface area contributed by atoms with Crippen molar-refractivity contribution in [2.45, 2.75) is 19.1 Å². The number of amides is 1. The Balaban J connectivity index is 1.41. The second kappa shape index (κ2) is 7.89. The maximum absolute atomic E-state index is 11.9. The Morgan fingerprint density at radius 3 is 3.13 bits per heavy atom. The molecule has 1 fully saturated rings. The number of aromatic amines is 1.